The van der Waals surface area contributed by atoms with Gasteiger partial charge >= 0.3 is 0 Å². The van der Waals surface area contributed by atoms with Crippen LogP contribution in [-0.4, -0.2) is 36.1 Å². The first-order chi connectivity index (χ1) is 11.1. The van der Waals surface area contributed by atoms with E-state index in [0.717, 1.165) is 6.42 Å². The topological polar surface area (TPSA) is 78.4 Å². The van der Waals surface area contributed by atoms with Gasteiger partial charge in [0.15, 0.2) is 0 Å². The molecule has 5 nitrogen and oxygen atoms in total. The first kappa shape index (κ1) is 18.9. The lowest BCUT2D eigenvalue weighted by Crippen LogP contribution is -2.30. The van der Waals surface area contributed by atoms with E-state index in [1.807, 2.05) is 37.3 Å². The molecule has 0 aliphatic rings. The zero-order chi connectivity index (χ0) is 16.9. The highest BCUT2D eigenvalue weighted by molar-refractivity contribution is 5.94. The predicted molar refractivity (Wildman–Crippen MR) is 91.1 cm³/mol. The van der Waals surface area contributed by atoms with Crippen LogP contribution in [0.25, 0.3) is 0 Å². The zero-order valence-corrected chi connectivity index (χ0v) is 13.6. The Balaban J connectivity index is 2.10. The lowest BCUT2D eigenvalue weighted by molar-refractivity contribution is -0.120. The molecule has 1 aromatic carbocycles. The molecule has 0 heterocycles. The highest BCUT2D eigenvalue weighted by Gasteiger charge is 2.07. The molecule has 0 fully saturated rings. The van der Waals surface area contributed by atoms with E-state index in [-0.39, 0.29) is 11.8 Å². The van der Waals surface area contributed by atoms with E-state index >= 15 is 0 Å². The molecule has 2 amide bonds. The number of rotatable bonds is 10. The Bertz CT molecular complexity index is 500. The van der Waals surface area contributed by atoms with Gasteiger partial charge in [0.1, 0.15) is 0 Å². The van der Waals surface area contributed by atoms with Crippen molar-refractivity contribution in [2.45, 2.75) is 38.7 Å². The molecule has 5 heteroatoms. The molecule has 0 saturated carbocycles. The van der Waals surface area contributed by atoms with Crippen LogP contribution in [0.15, 0.2) is 42.5 Å². The molecular formula is C18H26N2O3. The molecular weight excluding hydrogens is 292 g/mol. The van der Waals surface area contributed by atoms with Crippen LogP contribution in [0, 0.1) is 0 Å². The van der Waals surface area contributed by atoms with Crippen LogP contribution in [0.4, 0.5) is 0 Å². The molecule has 0 spiro atoms. The van der Waals surface area contributed by atoms with Crippen LogP contribution in [-0.2, 0) is 4.79 Å². The molecule has 0 saturated heterocycles. The molecule has 0 radical (unpaired) electrons. The minimum absolute atomic E-state index is 0.0423. The van der Waals surface area contributed by atoms with Gasteiger partial charge in [-0.2, -0.15) is 0 Å². The van der Waals surface area contributed by atoms with E-state index in [1.165, 1.54) is 0 Å². The Morgan fingerprint density at radius 3 is 2.39 bits per heavy atom. The number of hydrogen-bond acceptors (Lipinski definition) is 3. The van der Waals surface area contributed by atoms with Gasteiger partial charge in [0.25, 0.3) is 5.91 Å². The van der Waals surface area contributed by atoms with Crippen LogP contribution in [0.1, 0.15) is 43.0 Å². The van der Waals surface area contributed by atoms with Crippen molar-refractivity contribution in [3.05, 3.63) is 48.0 Å². The number of nitrogens with one attached hydrogen (secondary N) is 2. The summed E-state index contributed by atoms with van der Waals surface area (Å²) in [4.78, 5) is 23.3. The van der Waals surface area contributed by atoms with Crippen molar-refractivity contribution in [1.29, 1.82) is 0 Å². The lowest BCUT2D eigenvalue weighted by atomic mass is 10.1. The van der Waals surface area contributed by atoms with Gasteiger partial charge < -0.3 is 15.7 Å². The van der Waals surface area contributed by atoms with Crippen LogP contribution in [0.3, 0.4) is 0 Å². The molecule has 23 heavy (non-hydrogen) atoms. The summed E-state index contributed by atoms with van der Waals surface area (Å²) in [5, 5.41) is 15.4. The van der Waals surface area contributed by atoms with Gasteiger partial charge in [0.2, 0.25) is 5.91 Å². The molecule has 3 N–H and O–H groups in total. The number of aliphatic hydroxyl groups excluding tert-OH is 1. The van der Waals surface area contributed by atoms with Gasteiger partial charge in [-0.05, 0) is 31.4 Å². The van der Waals surface area contributed by atoms with E-state index in [2.05, 4.69) is 10.6 Å². The van der Waals surface area contributed by atoms with Crippen molar-refractivity contribution in [2.75, 3.05) is 13.1 Å². The fourth-order valence-electron chi connectivity index (χ4n) is 2.00. The van der Waals surface area contributed by atoms with E-state index in [9.17, 15) is 14.7 Å². The van der Waals surface area contributed by atoms with Gasteiger partial charge in [-0.3, -0.25) is 9.59 Å². The van der Waals surface area contributed by atoms with Crippen molar-refractivity contribution in [3.8, 4) is 0 Å². The summed E-state index contributed by atoms with van der Waals surface area (Å²) in [6.45, 7) is 2.86. The summed E-state index contributed by atoms with van der Waals surface area (Å²) >= 11 is 0. The molecule has 0 bridgehead atoms. The van der Waals surface area contributed by atoms with Gasteiger partial charge in [-0.15, -0.1) is 0 Å². The summed E-state index contributed by atoms with van der Waals surface area (Å²) in [6, 6.07) is 8.96. The molecule has 0 aliphatic heterocycles. The summed E-state index contributed by atoms with van der Waals surface area (Å²) in [7, 11) is 0. The van der Waals surface area contributed by atoms with Crippen LogP contribution < -0.4 is 10.6 Å². The minimum Gasteiger partial charge on any atom is -0.393 e. The highest BCUT2D eigenvalue weighted by Crippen LogP contribution is 2.00. The average Bonchev–Trinajstić information content (AvgIpc) is 2.56. The van der Waals surface area contributed by atoms with Gasteiger partial charge in [0.05, 0.1) is 6.10 Å². The fourth-order valence-corrected chi connectivity index (χ4v) is 2.00. The van der Waals surface area contributed by atoms with Gasteiger partial charge in [-0.25, -0.2) is 0 Å². The van der Waals surface area contributed by atoms with Crippen molar-refractivity contribution in [3.63, 3.8) is 0 Å². The minimum atomic E-state index is -0.544. The lowest BCUT2D eigenvalue weighted by Gasteiger charge is -2.12. The number of allylic oxidation sites excluding steroid dienone is 1. The molecule has 1 rings (SSSR count). The first-order valence-corrected chi connectivity index (χ1v) is 8.06. The monoisotopic (exact) mass is 318 g/mol. The summed E-state index contributed by atoms with van der Waals surface area (Å²) in [5.41, 5.74) is 0.606. The molecule has 1 atom stereocenters. The maximum Gasteiger partial charge on any atom is 0.251 e. The number of amides is 2. The Kier molecular flexibility index (Phi) is 9.40. The Morgan fingerprint density at radius 1 is 1.09 bits per heavy atom. The van der Waals surface area contributed by atoms with E-state index in [4.69, 9.17) is 0 Å². The highest BCUT2D eigenvalue weighted by atomic mass is 16.3. The Labute approximate surface area is 137 Å². The molecule has 126 valence electrons. The second-order valence-corrected chi connectivity index (χ2v) is 5.29. The largest absolute Gasteiger partial charge is 0.393 e. The third-order valence-electron chi connectivity index (χ3n) is 3.30. The average molecular weight is 318 g/mol. The second-order valence-electron chi connectivity index (χ2n) is 5.29. The number of carbonyl (C=O) groups excluding carboxylic acids is 2. The standard InChI is InChI=1S/C18H26N2O3/c1-2-3-5-10-17(22)19-13-11-16(21)12-14-20-18(23)15-8-6-4-7-9-15/h3-9,16,21H,2,10-14H2,1H3,(H,19,22)(H,20,23)/b5-3-. The summed E-state index contributed by atoms with van der Waals surface area (Å²) < 4.78 is 0. The number of benzene rings is 1. The van der Waals surface area contributed by atoms with Crippen molar-refractivity contribution in [1.82, 2.24) is 10.6 Å². The summed E-state index contributed by atoms with van der Waals surface area (Å²) in [5.74, 6) is -0.187. The molecule has 0 aliphatic carbocycles. The Hall–Kier alpha value is -2.14. The smallest absolute Gasteiger partial charge is 0.251 e. The summed E-state index contributed by atoms with van der Waals surface area (Å²) in [6.07, 6.45) is 5.47. The third kappa shape index (κ3) is 8.78. The normalized spacial score (nSPS) is 12.1. The van der Waals surface area contributed by atoms with Crippen molar-refractivity contribution < 1.29 is 14.7 Å². The first-order valence-electron chi connectivity index (χ1n) is 8.06. The van der Waals surface area contributed by atoms with Crippen LogP contribution in [0.5, 0.6) is 0 Å². The van der Waals surface area contributed by atoms with Crippen LogP contribution in [0.2, 0.25) is 0 Å². The second kappa shape index (κ2) is 11.4. The van der Waals surface area contributed by atoms with Crippen molar-refractivity contribution >= 4 is 11.8 Å². The zero-order valence-electron chi connectivity index (χ0n) is 13.6. The molecule has 1 aromatic rings. The van der Waals surface area contributed by atoms with Gasteiger partial charge in [-0.1, -0.05) is 37.3 Å². The van der Waals surface area contributed by atoms with E-state index in [0.29, 0.717) is 37.9 Å². The SMILES string of the molecule is CC/C=C\CC(=O)NCCC(O)CCNC(=O)c1ccccc1. The molecule has 0 aromatic heterocycles. The quantitative estimate of drug-likeness (QED) is 0.578. The number of carbonyl (C=O) groups is 2. The maximum absolute atomic E-state index is 11.8. The van der Waals surface area contributed by atoms with Crippen molar-refractivity contribution in [2.24, 2.45) is 0 Å². The fraction of sp³-hybridized carbons (Fsp3) is 0.444. The van der Waals surface area contributed by atoms with Crippen LogP contribution >= 0.6 is 0 Å². The van der Waals surface area contributed by atoms with E-state index in [1.54, 1.807) is 12.1 Å². The van der Waals surface area contributed by atoms with Gasteiger partial charge in [0, 0.05) is 25.1 Å². The number of aliphatic hydroxyl groups is 1. The predicted octanol–water partition coefficient (Wildman–Crippen LogP) is 2.03. The molecule has 1 unspecified atom stereocenters. The number of hydrogen-bond donors (Lipinski definition) is 3. The van der Waals surface area contributed by atoms with E-state index < -0.39 is 6.10 Å². The Morgan fingerprint density at radius 2 is 1.74 bits per heavy atom. The third-order valence-corrected chi connectivity index (χ3v) is 3.30. The maximum atomic E-state index is 11.8.